The standard InChI is InChI=1S/C22H22ClN5O3S/c1-3-5-10-31-13-6-8-15(17(23)11-13)18-12-16(19-9-7-14(4-2)32-19)20(21(29)24-18)28-22(30)25-26-27-28/h6-9,11-12H,3-5,10H2,1-2H3,(H,24,29)(H,25,27,30). The van der Waals surface area contributed by atoms with Crippen LogP contribution in [0.2, 0.25) is 5.02 Å². The summed E-state index contributed by atoms with van der Waals surface area (Å²) in [6.45, 7) is 4.78. The number of ether oxygens (including phenoxy) is 1. The highest BCUT2D eigenvalue weighted by Crippen LogP contribution is 2.35. The van der Waals surface area contributed by atoms with Crippen LogP contribution in [0.3, 0.4) is 0 Å². The van der Waals surface area contributed by atoms with E-state index in [0.717, 1.165) is 33.7 Å². The molecule has 8 nitrogen and oxygen atoms in total. The quantitative estimate of drug-likeness (QED) is 0.370. The lowest BCUT2D eigenvalue weighted by Gasteiger charge is -2.12. The summed E-state index contributed by atoms with van der Waals surface area (Å²) in [5, 5.41) is 9.97. The Morgan fingerprint density at radius 3 is 2.62 bits per heavy atom. The highest BCUT2D eigenvalue weighted by molar-refractivity contribution is 7.15. The first-order valence-corrected chi connectivity index (χ1v) is 11.5. The van der Waals surface area contributed by atoms with Crippen LogP contribution in [0.15, 0.2) is 46.0 Å². The maximum Gasteiger partial charge on any atom is 0.366 e. The molecule has 4 aromatic rings. The van der Waals surface area contributed by atoms with Gasteiger partial charge in [0.2, 0.25) is 0 Å². The number of H-pyrrole nitrogens is 2. The molecule has 0 amide bonds. The molecule has 3 heterocycles. The summed E-state index contributed by atoms with van der Waals surface area (Å²) >= 11 is 8.09. The van der Waals surface area contributed by atoms with Gasteiger partial charge in [0.15, 0.2) is 0 Å². The Bertz CT molecular complexity index is 1350. The van der Waals surface area contributed by atoms with Crippen LogP contribution in [0.4, 0.5) is 0 Å². The van der Waals surface area contributed by atoms with Crippen LogP contribution in [0.1, 0.15) is 31.6 Å². The Labute approximate surface area is 192 Å². The maximum absolute atomic E-state index is 13.1. The minimum atomic E-state index is -0.594. The number of aromatic nitrogens is 5. The van der Waals surface area contributed by atoms with Crippen LogP contribution in [-0.4, -0.2) is 31.8 Å². The van der Waals surface area contributed by atoms with E-state index in [0.29, 0.717) is 34.2 Å². The van der Waals surface area contributed by atoms with Crippen molar-refractivity contribution in [3.63, 3.8) is 0 Å². The first kappa shape index (κ1) is 22.0. The SMILES string of the molecule is CCCCOc1ccc(-c2cc(-c3ccc(CC)s3)c(-n3nn[nH]c3=O)c(=O)[nH]2)c(Cl)c1. The Morgan fingerprint density at radius 1 is 1.12 bits per heavy atom. The molecular formula is C22H22ClN5O3S. The Kier molecular flexibility index (Phi) is 6.57. The van der Waals surface area contributed by atoms with Crippen molar-refractivity contribution >= 4 is 22.9 Å². The number of thiophene rings is 1. The fraction of sp³-hybridized carbons (Fsp3) is 0.273. The molecule has 1 aromatic carbocycles. The van der Waals surface area contributed by atoms with E-state index >= 15 is 0 Å². The lowest BCUT2D eigenvalue weighted by molar-refractivity contribution is 0.309. The molecular weight excluding hydrogens is 450 g/mol. The predicted octanol–water partition coefficient (Wildman–Crippen LogP) is 4.43. The van der Waals surface area contributed by atoms with Crippen molar-refractivity contribution in [2.45, 2.75) is 33.1 Å². The van der Waals surface area contributed by atoms with Crippen LogP contribution in [0, 0.1) is 0 Å². The second-order valence-corrected chi connectivity index (χ2v) is 8.73. The van der Waals surface area contributed by atoms with Gasteiger partial charge in [0.1, 0.15) is 11.4 Å². The van der Waals surface area contributed by atoms with E-state index < -0.39 is 11.2 Å². The normalized spacial score (nSPS) is 11.1. The molecule has 0 saturated heterocycles. The molecule has 0 atom stereocenters. The number of halogens is 1. The van der Waals surface area contributed by atoms with E-state index in [9.17, 15) is 9.59 Å². The van der Waals surface area contributed by atoms with Crippen molar-refractivity contribution in [2.75, 3.05) is 6.61 Å². The van der Waals surface area contributed by atoms with Crippen LogP contribution < -0.4 is 16.0 Å². The van der Waals surface area contributed by atoms with Crippen LogP contribution in [0.25, 0.3) is 27.4 Å². The maximum atomic E-state index is 13.1. The van der Waals surface area contributed by atoms with Crippen LogP contribution in [-0.2, 0) is 6.42 Å². The summed E-state index contributed by atoms with van der Waals surface area (Å²) in [6, 6.07) is 11.1. The summed E-state index contributed by atoms with van der Waals surface area (Å²) in [7, 11) is 0. The molecule has 0 aliphatic carbocycles. The molecule has 32 heavy (non-hydrogen) atoms. The number of unbranched alkanes of at least 4 members (excludes halogenated alkanes) is 1. The molecule has 0 bridgehead atoms. The number of nitrogens with zero attached hydrogens (tertiary/aromatic N) is 3. The predicted molar refractivity (Wildman–Crippen MR) is 126 cm³/mol. The summed E-state index contributed by atoms with van der Waals surface area (Å²) in [5.41, 5.74) is 0.792. The lowest BCUT2D eigenvalue weighted by atomic mass is 10.1. The molecule has 0 aliphatic rings. The molecule has 0 aliphatic heterocycles. The molecule has 0 saturated carbocycles. The van der Waals surface area contributed by atoms with Gasteiger partial charge in [-0.25, -0.2) is 9.89 Å². The largest absolute Gasteiger partial charge is 0.494 e. The zero-order valence-corrected chi connectivity index (χ0v) is 19.2. The van der Waals surface area contributed by atoms with Crippen LogP contribution >= 0.6 is 22.9 Å². The second kappa shape index (κ2) is 9.54. The van der Waals surface area contributed by atoms with Gasteiger partial charge in [0.05, 0.1) is 17.3 Å². The third kappa shape index (κ3) is 4.39. The molecule has 0 fully saturated rings. The Hall–Kier alpha value is -3.17. The topological polar surface area (TPSA) is 106 Å². The van der Waals surface area contributed by atoms with Gasteiger partial charge < -0.3 is 9.72 Å². The first-order chi connectivity index (χ1) is 15.5. The zero-order valence-electron chi connectivity index (χ0n) is 17.6. The average molecular weight is 472 g/mol. The molecule has 2 N–H and O–H groups in total. The van der Waals surface area contributed by atoms with Crippen molar-refractivity contribution in [3.8, 4) is 33.1 Å². The van der Waals surface area contributed by atoms with Crippen molar-refractivity contribution < 1.29 is 4.74 Å². The lowest BCUT2D eigenvalue weighted by Crippen LogP contribution is -2.25. The number of tetrazole rings is 1. The van der Waals surface area contributed by atoms with Crippen molar-refractivity contribution in [1.82, 2.24) is 25.2 Å². The van der Waals surface area contributed by atoms with Gasteiger partial charge in [-0.1, -0.05) is 31.9 Å². The van der Waals surface area contributed by atoms with Crippen molar-refractivity contribution in [1.29, 1.82) is 0 Å². The molecule has 166 valence electrons. The van der Waals surface area contributed by atoms with Crippen LogP contribution in [0.5, 0.6) is 5.75 Å². The molecule has 3 aromatic heterocycles. The number of hydrogen-bond acceptors (Lipinski definition) is 6. The Balaban J connectivity index is 1.84. The van der Waals surface area contributed by atoms with Gasteiger partial charge >= 0.3 is 5.69 Å². The molecule has 4 rings (SSSR count). The van der Waals surface area contributed by atoms with E-state index in [1.54, 1.807) is 17.4 Å². The minimum Gasteiger partial charge on any atom is -0.494 e. The first-order valence-electron chi connectivity index (χ1n) is 10.3. The van der Waals surface area contributed by atoms with Gasteiger partial charge in [-0.05, 0) is 59.7 Å². The number of pyridine rings is 1. The third-order valence-corrected chi connectivity index (χ3v) is 6.54. The number of benzene rings is 1. The molecule has 0 unspecified atom stereocenters. The van der Waals surface area contributed by atoms with E-state index in [1.165, 1.54) is 0 Å². The number of aryl methyl sites for hydroxylation is 1. The van der Waals surface area contributed by atoms with Crippen molar-refractivity contribution in [2.24, 2.45) is 0 Å². The van der Waals surface area contributed by atoms with Crippen molar-refractivity contribution in [3.05, 3.63) is 67.1 Å². The fourth-order valence-corrected chi connectivity index (χ4v) is 4.53. The zero-order chi connectivity index (χ0) is 22.7. The summed E-state index contributed by atoms with van der Waals surface area (Å²) < 4.78 is 6.69. The number of hydrogen-bond donors (Lipinski definition) is 2. The summed E-state index contributed by atoms with van der Waals surface area (Å²) in [4.78, 5) is 30.1. The minimum absolute atomic E-state index is 0.104. The second-order valence-electron chi connectivity index (χ2n) is 7.16. The smallest absolute Gasteiger partial charge is 0.366 e. The average Bonchev–Trinajstić information content (AvgIpc) is 3.42. The Morgan fingerprint density at radius 2 is 1.97 bits per heavy atom. The molecule has 10 heteroatoms. The summed E-state index contributed by atoms with van der Waals surface area (Å²) in [6.07, 6.45) is 2.87. The van der Waals surface area contributed by atoms with E-state index in [1.807, 2.05) is 30.3 Å². The molecule has 0 spiro atoms. The number of aromatic amines is 2. The van der Waals surface area contributed by atoms with Gasteiger partial charge in [0.25, 0.3) is 5.56 Å². The van der Waals surface area contributed by atoms with Gasteiger partial charge in [-0.3, -0.25) is 4.79 Å². The third-order valence-electron chi connectivity index (χ3n) is 4.96. The highest BCUT2D eigenvalue weighted by atomic mass is 35.5. The molecule has 0 radical (unpaired) electrons. The van der Waals surface area contributed by atoms with Gasteiger partial charge in [-0.15, -0.1) is 11.3 Å². The number of nitrogens with one attached hydrogen (secondary N) is 2. The van der Waals surface area contributed by atoms with Gasteiger partial charge in [-0.2, -0.15) is 4.68 Å². The fourth-order valence-electron chi connectivity index (χ4n) is 3.29. The highest BCUT2D eigenvalue weighted by Gasteiger charge is 2.20. The van der Waals surface area contributed by atoms with E-state index in [4.69, 9.17) is 16.3 Å². The van der Waals surface area contributed by atoms with Gasteiger partial charge in [0, 0.05) is 20.9 Å². The van der Waals surface area contributed by atoms with E-state index in [-0.39, 0.29) is 5.69 Å². The van der Waals surface area contributed by atoms with E-state index in [2.05, 4.69) is 34.4 Å². The number of rotatable bonds is 8. The summed E-state index contributed by atoms with van der Waals surface area (Å²) in [5.74, 6) is 0.673. The monoisotopic (exact) mass is 471 g/mol.